The molecule has 0 aliphatic carbocycles. The minimum absolute atomic E-state index is 0.00576. The van der Waals surface area contributed by atoms with E-state index >= 15 is 0 Å². The third-order valence-corrected chi connectivity index (χ3v) is 4.24. The molecule has 2 amide bonds. The fourth-order valence-corrected chi connectivity index (χ4v) is 2.77. The number of halogens is 2. The van der Waals surface area contributed by atoms with Gasteiger partial charge in [0, 0.05) is 25.2 Å². The number of ether oxygens (including phenoxy) is 1. The van der Waals surface area contributed by atoms with Crippen molar-refractivity contribution < 1.29 is 23.1 Å². The fraction of sp³-hybridized carbons (Fsp3) is 0.529. The number of rotatable bonds is 5. The number of carbonyl (C=O) groups excluding carboxylic acids is 2. The Kier molecular flexibility index (Phi) is 6.69. The van der Waals surface area contributed by atoms with Crippen molar-refractivity contribution in [1.82, 2.24) is 10.2 Å². The monoisotopic (exact) mass is 355 g/mol. The number of amides is 2. The number of piperidine rings is 1. The molecule has 0 saturated carbocycles. The van der Waals surface area contributed by atoms with Crippen LogP contribution in [0.4, 0.5) is 19.3 Å². The molecule has 1 atom stereocenters. The molecule has 25 heavy (non-hydrogen) atoms. The molecule has 1 saturated heterocycles. The van der Waals surface area contributed by atoms with Gasteiger partial charge in [-0.2, -0.15) is 0 Å². The molecule has 8 heteroatoms. The van der Waals surface area contributed by atoms with Gasteiger partial charge in [-0.05, 0) is 38.8 Å². The molecule has 0 radical (unpaired) electrons. The van der Waals surface area contributed by atoms with Crippen LogP contribution in [0, 0.1) is 11.6 Å². The van der Waals surface area contributed by atoms with E-state index in [4.69, 9.17) is 4.74 Å². The Morgan fingerprint density at radius 1 is 1.32 bits per heavy atom. The highest BCUT2D eigenvalue weighted by molar-refractivity contribution is 5.94. The minimum atomic E-state index is -0.681. The summed E-state index contributed by atoms with van der Waals surface area (Å²) < 4.78 is 31.7. The first-order valence-electron chi connectivity index (χ1n) is 8.34. The van der Waals surface area contributed by atoms with E-state index in [1.54, 1.807) is 13.8 Å². The highest BCUT2D eigenvalue weighted by Crippen LogP contribution is 2.18. The van der Waals surface area contributed by atoms with E-state index in [1.165, 1.54) is 0 Å². The molecular weight excluding hydrogens is 332 g/mol. The van der Waals surface area contributed by atoms with E-state index in [9.17, 15) is 18.4 Å². The van der Waals surface area contributed by atoms with Crippen LogP contribution in [0.1, 0.15) is 26.7 Å². The van der Waals surface area contributed by atoms with Crippen molar-refractivity contribution in [3.05, 3.63) is 29.8 Å². The lowest BCUT2D eigenvalue weighted by Gasteiger charge is -2.35. The third kappa shape index (κ3) is 5.38. The average molecular weight is 355 g/mol. The maximum atomic E-state index is 13.6. The summed E-state index contributed by atoms with van der Waals surface area (Å²) in [6, 6.07) is 2.44. The van der Waals surface area contributed by atoms with Gasteiger partial charge in [-0.1, -0.05) is 0 Å². The molecule has 1 fully saturated rings. The Hall–Kier alpha value is -2.22. The van der Waals surface area contributed by atoms with Crippen LogP contribution in [0.15, 0.2) is 18.2 Å². The van der Waals surface area contributed by atoms with E-state index in [2.05, 4.69) is 10.6 Å². The fourth-order valence-electron chi connectivity index (χ4n) is 2.77. The second-order valence-electron chi connectivity index (χ2n) is 5.96. The van der Waals surface area contributed by atoms with Gasteiger partial charge in [0.05, 0.1) is 18.3 Å². The lowest BCUT2D eigenvalue weighted by atomic mass is 10.0. The molecule has 1 aliphatic rings. The second-order valence-corrected chi connectivity index (χ2v) is 5.96. The predicted octanol–water partition coefficient (Wildman–Crippen LogP) is 2.50. The summed E-state index contributed by atoms with van der Waals surface area (Å²) in [5.74, 6) is -1.70. The summed E-state index contributed by atoms with van der Waals surface area (Å²) in [6.07, 6.45) is 0.934. The number of nitrogens with zero attached hydrogens (tertiary/aromatic N) is 1. The first-order chi connectivity index (χ1) is 11.9. The lowest BCUT2D eigenvalue weighted by molar-refractivity contribution is -0.121. The van der Waals surface area contributed by atoms with Gasteiger partial charge in [0.15, 0.2) is 0 Å². The van der Waals surface area contributed by atoms with Crippen molar-refractivity contribution in [3.63, 3.8) is 0 Å². The third-order valence-electron chi connectivity index (χ3n) is 4.24. The van der Waals surface area contributed by atoms with Crippen molar-refractivity contribution in [2.24, 2.45) is 0 Å². The molecule has 1 aromatic carbocycles. The summed E-state index contributed by atoms with van der Waals surface area (Å²) in [6.45, 7) is 4.99. The van der Waals surface area contributed by atoms with E-state index in [1.807, 2.05) is 4.90 Å². The average Bonchev–Trinajstić information content (AvgIpc) is 2.58. The zero-order valence-corrected chi connectivity index (χ0v) is 14.4. The topological polar surface area (TPSA) is 70.7 Å². The van der Waals surface area contributed by atoms with Gasteiger partial charge in [-0.3, -0.25) is 9.69 Å². The van der Waals surface area contributed by atoms with Crippen LogP contribution in [-0.4, -0.2) is 48.7 Å². The van der Waals surface area contributed by atoms with Crippen LogP contribution in [0.3, 0.4) is 0 Å². The van der Waals surface area contributed by atoms with Gasteiger partial charge in [-0.15, -0.1) is 0 Å². The molecule has 0 bridgehead atoms. The van der Waals surface area contributed by atoms with Crippen LogP contribution in [0.25, 0.3) is 0 Å². The van der Waals surface area contributed by atoms with E-state index in [0.29, 0.717) is 32.5 Å². The number of carbonyl (C=O) groups is 2. The Labute approximate surface area is 145 Å². The molecule has 0 spiro atoms. The SMILES string of the molecule is CCOC(=O)NC1CCN([C@@H](C)C(=O)Nc2cc(F)ccc2F)CC1. The van der Waals surface area contributed by atoms with E-state index in [-0.39, 0.29) is 11.7 Å². The van der Waals surface area contributed by atoms with Crippen LogP contribution >= 0.6 is 0 Å². The van der Waals surface area contributed by atoms with Gasteiger partial charge >= 0.3 is 6.09 Å². The Morgan fingerprint density at radius 2 is 2.00 bits per heavy atom. The molecule has 6 nitrogen and oxygen atoms in total. The normalized spacial score (nSPS) is 17.0. The summed E-state index contributed by atoms with van der Waals surface area (Å²) in [4.78, 5) is 25.6. The van der Waals surface area contributed by atoms with Crippen LogP contribution in [0.5, 0.6) is 0 Å². The maximum Gasteiger partial charge on any atom is 0.407 e. The van der Waals surface area contributed by atoms with Crippen LogP contribution < -0.4 is 10.6 Å². The number of likely N-dealkylation sites (tertiary alicyclic amines) is 1. The van der Waals surface area contributed by atoms with Crippen molar-refractivity contribution in [1.29, 1.82) is 0 Å². The number of benzene rings is 1. The minimum Gasteiger partial charge on any atom is -0.450 e. The first kappa shape index (κ1) is 19.1. The summed E-state index contributed by atoms with van der Waals surface area (Å²) in [7, 11) is 0. The van der Waals surface area contributed by atoms with Gasteiger partial charge in [0.2, 0.25) is 5.91 Å². The van der Waals surface area contributed by atoms with Gasteiger partial charge in [-0.25, -0.2) is 13.6 Å². The van der Waals surface area contributed by atoms with Crippen molar-refractivity contribution in [3.8, 4) is 0 Å². The predicted molar refractivity (Wildman–Crippen MR) is 89.2 cm³/mol. The number of alkyl carbamates (subject to hydrolysis) is 1. The largest absolute Gasteiger partial charge is 0.450 e. The quantitative estimate of drug-likeness (QED) is 0.851. The van der Waals surface area contributed by atoms with Crippen molar-refractivity contribution in [2.45, 2.75) is 38.8 Å². The molecule has 2 rings (SSSR count). The smallest absolute Gasteiger partial charge is 0.407 e. The molecule has 138 valence electrons. The number of anilines is 1. The molecule has 1 aromatic rings. The Bertz CT molecular complexity index is 619. The van der Waals surface area contributed by atoms with Gasteiger partial charge in [0.25, 0.3) is 0 Å². The van der Waals surface area contributed by atoms with Crippen LogP contribution in [-0.2, 0) is 9.53 Å². The second kappa shape index (κ2) is 8.75. The standard InChI is InChI=1S/C17H23F2N3O3/c1-3-25-17(24)20-13-6-8-22(9-7-13)11(2)16(23)21-15-10-12(18)4-5-14(15)19/h4-5,10-11,13H,3,6-9H2,1-2H3,(H,20,24)(H,21,23)/t11-/m0/s1. The van der Waals surface area contributed by atoms with E-state index in [0.717, 1.165) is 18.2 Å². The zero-order chi connectivity index (χ0) is 18.4. The highest BCUT2D eigenvalue weighted by Gasteiger charge is 2.27. The van der Waals surface area contributed by atoms with Crippen molar-refractivity contribution >= 4 is 17.7 Å². The number of hydrogen-bond donors (Lipinski definition) is 2. The first-order valence-corrected chi connectivity index (χ1v) is 8.34. The highest BCUT2D eigenvalue weighted by atomic mass is 19.1. The van der Waals surface area contributed by atoms with Gasteiger partial charge < -0.3 is 15.4 Å². The number of hydrogen-bond acceptors (Lipinski definition) is 4. The lowest BCUT2D eigenvalue weighted by Crippen LogP contribution is -2.50. The molecular formula is C17H23F2N3O3. The Morgan fingerprint density at radius 3 is 2.64 bits per heavy atom. The van der Waals surface area contributed by atoms with E-state index < -0.39 is 29.7 Å². The molecule has 0 aromatic heterocycles. The van der Waals surface area contributed by atoms with Crippen molar-refractivity contribution in [2.75, 3.05) is 25.0 Å². The molecule has 0 unspecified atom stereocenters. The summed E-state index contributed by atoms with van der Waals surface area (Å²) in [5.41, 5.74) is -0.171. The number of nitrogens with one attached hydrogen (secondary N) is 2. The zero-order valence-electron chi connectivity index (χ0n) is 14.4. The molecule has 1 heterocycles. The van der Waals surface area contributed by atoms with Gasteiger partial charge in [0.1, 0.15) is 11.6 Å². The molecule has 2 N–H and O–H groups in total. The summed E-state index contributed by atoms with van der Waals surface area (Å²) >= 11 is 0. The molecule has 1 aliphatic heterocycles. The summed E-state index contributed by atoms with van der Waals surface area (Å²) in [5, 5.41) is 5.21. The maximum absolute atomic E-state index is 13.6. The Balaban J connectivity index is 1.85. The van der Waals surface area contributed by atoms with Crippen LogP contribution in [0.2, 0.25) is 0 Å².